The van der Waals surface area contributed by atoms with Gasteiger partial charge >= 0.3 is 24.4 Å². The summed E-state index contributed by atoms with van der Waals surface area (Å²) in [5.41, 5.74) is -5.34. The molecule has 2 saturated heterocycles. The number of ether oxygens (including phenoxy) is 1. The molecule has 1 N–H and O–H groups in total. The van der Waals surface area contributed by atoms with E-state index in [1.54, 1.807) is 6.07 Å². The molecule has 2 fully saturated rings. The van der Waals surface area contributed by atoms with E-state index in [2.05, 4.69) is 0 Å². The Kier molecular flexibility index (Phi) is 10.3. The van der Waals surface area contributed by atoms with E-state index >= 15 is 0 Å². The largest absolute Gasteiger partial charge is 0.481 e. The van der Waals surface area contributed by atoms with E-state index in [0.29, 0.717) is 23.3 Å². The number of hydrogen-bond donors (Lipinski definition) is 1. The smallest absolute Gasteiger partial charge is 0.430 e. The summed E-state index contributed by atoms with van der Waals surface area (Å²) in [6, 6.07) is 10.6. The second kappa shape index (κ2) is 13.7. The van der Waals surface area contributed by atoms with Crippen LogP contribution in [0.3, 0.4) is 0 Å². The topological polar surface area (TPSA) is 104 Å². The van der Waals surface area contributed by atoms with Gasteiger partial charge in [-0.15, -0.1) is 0 Å². The lowest BCUT2D eigenvalue weighted by Gasteiger charge is -2.38. The van der Waals surface area contributed by atoms with Crippen molar-refractivity contribution < 1.29 is 58.6 Å². The number of carbonyl (C=O) groups is 2. The van der Waals surface area contributed by atoms with E-state index in [1.165, 1.54) is 35.8 Å². The van der Waals surface area contributed by atoms with Crippen LogP contribution in [0, 0.1) is 25.6 Å². The number of amides is 2. The van der Waals surface area contributed by atoms with Gasteiger partial charge in [0.05, 0.1) is 17.4 Å². The van der Waals surface area contributed by atoms with E-state index in [9.17, 15) is 53.8 Å². The lowest BCUT2D eigenvalue weighted by molar-refractivity contribution is -0.392. The van der Waals surface area contributed by atoms with E-state index in [1.807, 2.05) is 0 Å². The Hall–Kier alpha value is -4.18. The van der Waals surface area contributed by atoms with Gasteiger partial charge in [0.1, 0.15) is 10.6 Å². The Bertz CT molecular complexity index is 1840. The summed E-state index contributed by atoms with van der Waals surface area (Å²) < 4.78 is 134. The zero-order chi connectivity index (χ0) is 37.6. The molecule has 5 rings (SSSR count). The fraction of sp³-hybridized carbons (Fsp3) is 0.429. The van der Waals surface area contributed by atoms with Crippen LogP contribution in [0.25, 0.3) is 0 Å². The molecule has 0 aromatic heterocycles. The third kappa shape index (κ3) is 6.79. The van der Waals surface area contributed by atoms with Gasteiger partial charge in [-0.1, -0.05) is 42.5 Å². The Morgan fingerprint density at radius 1 is 0.843 bits per heavy atom. The van der Waals surface area contributed by atoms with Gasteiger partial charge in [-0.3, -0.25) is 4.79 Å². The number of carboxylic acids is 1. The van der Waals surface area contributed by atoms with Gasteiger partial charge in [-0.05, 0) is 79.6 Å². The third-order valence-corrected chi connectivity index (χ3v) is 12.4. The summed E-state index contributed by atoms with van der Waals surface area (Å²) in [5, 5.41) is 9.31. The molecule has 0 saturated carbocycles. The highest BCUT2D eigenvalue weighted by atomic mass is 32.2. The average molecular weight is 745 g/mol. The summed E-state index contributed by atoms with van der Waals surface area (Å²) in [7, 11) is -4.58. The van der Waals surface area contributed by atoms with Crippen molar-refractivity contribution in [3.05, 3.63) is 100 Å². The molecule has 0 unspecified atom stereocenters. The molecule has 2 aliphatic rings. The second-order valence-electron chi connectivity index (χ2n) is 12.9. The SMILES string of the molecule is Cc1cccc(C)c1COC(c1ccc([C@]2(S(=O)(=O)c3ccc(F)cc3)CCN(C(=O)N3CCC(C(=O)O)CC3)C2)cc1)(C(F)(F)F)C(F)(F)F. The summed E-state index contributed by atoms with van der Waals surface area (Å²) >= 11 is 0. The summed E-state index contributed by atoms with van der Waals surface area (Å²) in [6.07, 6.45) is -12.0. The molecule has 2 amide bonds. The van der Waals surface area contributed by atoms with Crippen molar-refractivity contribution in [2.45, 2.75) is 67.3 Å². The van der Waals surface area contributed by atoms with E-state index in [4.69, 9.17) is 4.74 Å². The highest BCUT2D eigenvalue weighted by Crippen LogP contribution is 2.54. The first kappa shape index (κ1) is 38.1. The molecule has 51 heavy (non-hydrogen) atoms. The number of halogens is 7. The van der Waals surface area contributed by atoms with E-state index in [0.717, 1.165) is 36.4 Å². The summed E-state index contributed by atoms with van der Waals surface area (Å²) in [4.78, 5) is 27.1. The number of aliphatic carboxylic acids is 1. The van der Waals surface area contributed by atoms with Gasteiger partial charge in [0.25, 0.3) is 5.60 Å². The Labute approximate surface area is 289 Å². The number of nitrogens with zero attached hydrogens (tertiary/aromatic N) is 2. The molecule has 3 aromatic carbocycles. The minimum Gasteiger partial charge on any atom is -0.481 e. The monoisotopic (exact) mass is 744 g/mol. The Morgan fingerprint density at radius 2 is 1.39 bits per heavy atom. The zero-order valence-corrected chi connectivity index (χ0v) is 28.3. The van der Waals surface area contributed by atoms with Crippen LogP contribution in [-0.4, -0.2) is 73.9 Å². The van der Waals surface area contributed by atoms with Gasteiger partial charge in [0.15, 0.2) is 9.84 Å². The molecule has 276 valence electrons. The Balaban J connectivity index is 1.56. The summed E-state index contributed by atoms with van der Waals surface area (Å²) in [5.74, 6) is -2.42. The number of likely N-dealkylation sites (tertiary alicyclic amines) is 2. The molecule has 16 heteroatoms. The normalized spacial score (nSPS) is 19.4. The van der Waals surface area contributed by atoms with Crippen LogP contribution >= 0.6 is 0 Å². The molecule has 0 spiro atoms. The third-order valence-electron chi connectivity index (χ3n) is 9.95. The fourth-order valence-corrected chi connectivity index (χ4v) is 8.99. The van der Waals surface area contributed by atoms with Gasteiger partial charge in [-0.25, -0.2) is 17.6 Å². The van der Waals surface area contributed by atoms with Crippen LogP contribution in [0.15, 0.2) is 71.6 Å². The van der Waals surface area contributed by atoms with Crippen LogP contribution < -0.4 is 0 Å². The van der Waals surface area contributed by atoms with Crippen molar-refractivity contribution in [2.24, 2.45) is 5.92 Å². The van der Waals surface area contributed by atoms with Crippen molar-refractivity contribution in [3.63, 3.8) is 0 Å². The van der Waals surface area contributed by atoms with Crippen molar-refractivity contribution in [2.75, 3.05) is 26.2 Å². The van der Waals surface area contributed by atoms with Crippen LogP contribution in [-0.2, 0) is 36.3 Å². The van der Waals surface area contributed by atoms with E-state index in [-0.39, 0.29) is 54.9 Å². The van der Waals surface area contributed by atoms with Crippen LogP contribution in [0.2, 0.25) is 0 Å². The van der Waals surface area contributed by atoms with E-state index < -0.39 is 75.0 Å². The number of benzene rings is 3. The van der Waals surface area contributed by atoms with Crippen molar-refractivity contribution in [3.8, 4) is 0 Å². The standard InChI is InChI=1S/C35H35F7N2O6S/c1-22-4-3-5-23(2)29(22)20-50-33(34(37,38)39,35(40,41)42)26-8-6-25(7-9-26)32(51(48,49)28-12-10-27(36)11-13-28)16-19-44(21-32)31(47)43-17-14-24(15-18-43)30(45)46/h3-13,24H,14-21H2,1-2H3,(H,45,46)/t32-/m0/s1. The number of urea groups is 1. The number of carboxylic acid groups (broad SMARTS) is 1. The molecule has 0 aliphatic carbocycles. The number of alkyl halides is 6. The number of aryl methyl sites for hydroxylation is 2. The number of piperidine rings is 1. The quantitative estimate of drug-likeness (QED) is 0.192. The molecular formula is C35H35F7N2O6S. The Morgan fingerprint density at radius 3 is 1.90 bits per heavy atom. The first-order chi connectivity index (χ1) is 23.7. The second-order valence-corrected chi connectivity index (χ2v) is 15.2. The zero-order valence-electron chi connectivity index (χ0n) is 27.5. The molecule has 8 nitrogen and oxygen atoms in total. The molecule has 3 aromatic rings. The lowest BCUT2D eigenvalue weighted by atomic mass is 9.88. The highest BCUT2D eigenvalue weighted by molar-refractivity contribution is 7.92. The van der Waals surface area contributed by atoms with Crippen LogP contribution in [0.1, 0.15) is 47.1 Å². The van der Waals surface area contributed by atoms with Crippen LogP contribution in [0.5, 0.6) is 0 Å². The summed E-state index contributed by atoms with van der Waals surface area (Å²) in [6.45, 7) is 1.48. The molecule has 0 bridgehead atoms. The molecule has 0 radical (unpaired) electrons. The predicted molar refractivity (Wildman–Crippen MR) is 170 cm³/mol. The minimum absolute atomic E-state index is 0.0811. The molecular weight excluding hydrogens is 709 g/mol. The first-order valence-electron chi connectivity index (χ1n) is 16.0. The maximum absolute atomic E-state index is 14.7. The van der Waals surface area contributed by atoms with Crippen molar-refractivity contribution in [1.82, 2.24) is 9.80 Å². The molecule has 1 atom stereocenters. The minimum atomic E-state index is -6.01. The van der Waals surface area contributed by atoms with Gasteiger partial charge < -0.3 is 19.6 Å². The lowest BCUT2D eigenvalue weighted by Crippen LogP contribution is -2.56. The number of sulfone groups is 1. The average Bonchev–Trinajstić information content (AvgIpc) is 3.53. The predicted octanol–water partition coefficient (Wildman–Crippen LogP) is 7.27. The van der Waals surface area contributed by atoms with Crippen LogP contribution in [0.4, 0.5) is 35.5 Å². The van der Waals surface area contributed by atoms with Crippen molar-refractivity contribution in [1.29, 1.82) is 0 Å². The molecule has 2 aliphatic heterocycles. The molecule has 2 heterocycles. The number of rotatable bonds is 8. The first-order valence-corrected chi connectivity index (χ1v) is 17.4. The highest BCUT2D eigenvalue weighted by Gasteiger charge is 2.73. The van der Waals surface area contributed by atoms with Gasteiger partial charge in [0.2, 0.25) is 0 Å². The van der Waals surface area contributed by atoms with Crippen molar-refractivity contribution >= 4 is 21.8 Å². The van der Waals surface area contributed by atoms with Gasteiger partial charge in [-0.2, -0.15) is 26.3 Å². The number of carbonyl (C=O) groups excluding carboxylic acids is 1. The number of hydrogen-bond acceptors (Lipinski definition) is 5. The van der Waals surface area contributed by atoms with Gasteiger partial charge in [0, 0.05) is 31.7 Å². The fourth-order valence-electron chi connectivity index (χ4n) is 6.91. The maximum Gasteiger partial charge on any atom is 0.430 e. The maximum atomic E-state index is 14.7.